The molecule has 0 radical (unpaired) electrons. The summed E-state index contributed by atoms with van der Waals surface area (Å²) >= 11 is 0. The van der Waals surface area contributed by atoms with E-state index in [0.29, 0.717) is 6.10 Å². The first-order valence-corrected chi connectivity index (χ1v) is 4.67. The number of aromatic nitrogens is 2. The van der Waals surface area contributed by atoms with Crippen LogP contribution in [0.1, 0.15) is 18.5 Å². The first kappa shape index (κ1) is 8.56. The fourth-order valence-corrected chi connectivity index (χ4v) is 1.20. The molecule has 1 fully saturated rings. The van der Waals surface area contributed by atoms with E-state index in [9.17, 15) is 0 Å². The maximum atomic E-state index is 5.66. The molecule has 1 aromatic rings. The lowest BCUT2D eigenvalue weighted by Crippen LogP contribution is -2.07. The number of hydrogen-bond acceptors (Lipinski definition) is 3. The Morgan fingerprint density at radius 1 is 1.69 bits per heavy atom. The van der Waals surface area contributed by atoms with E-state index in [1.54, 1.807) is 0 Å². The summed E-state index contributed by atoms with van der Waals surface area (Å²) in [5.41, 5.74) is 7.31. The van der Waals surface area contributed by atoms with Crippen molar-refractivity contribution in [3.63, 3.8) is 0 Å². The second-order valence-corrected chi connectivity index (χ2v) is 3.50. The number of nitrogen functional groups attached to an aromatic ring is 1. The van der Waals surface area contributed by atoms with Crippen molar-refractivity contribution in [2.45, 2.75) is 32.4 Å². The highest BCUT2D eigenvalue weighted by molar-refractivity contribution is 5.39. The average molecular weight is 181 g/mol. The van der Waals surface area contributed by atoms with Gasteiger partial charge < -0.3 is 10.5 Å². The van der Waals surface area contributed by atoms with Crippen LogP contribution in [0.25, 0.3) is 0 Å². The monoisotopic (exact) mass is 181 g/mol. The molecule has 1 aliphatic rings. The molecule has 4 nitrogen and oxygen atoms in total. The van der Waals surface area contributed by atoms with Crippen molar-refractivity contribution in [3.05, 3.63) is 11.9 Å². The van der Waals surface area contributed by atoms with Crippen molar-refractivity contribution < 1.29 is 4.74 Å². The van der Waals surface area contributed by atoms with Crippen molar-refractivity contribution in [2.24, 2.45) is 0 Å². The van der Waals surface area contributed by atoms with E-state index in [4.69, 9.17) is 10.5 Å². The van der Waals surface area contributed by atoms with Gasteiger partial charge in [0.15, 0.2) is 0 Å². The van der Waals surface area contributed by atoms with Gasteiger partial charge in [-0.05, 0) is 19.8 Å². The van der Waals surface area contributed by atoms with Crippen LogP contribution in [0.15, 0.2) is 6.20 Å². The topological polar surface area (TPSA) is 53.1 Å². The summed E-state index contributed by atoms with van der Waals surface area (Å²) in [7, 11) is 0. The average Bonchev–Trinajstić information content (AvgIpc) is 2.82. The van der Waals surface area contributed by atoms with Crippen molar-refractivity contribution in [3.8, 4) is 0 Å². The summed E-state index contributed by atoms with van der Waals surface area (Å²) in [5, 5.41) is 4.24. The molecule has 13 heavy (non-hydrogen) atoms. The summed E-state index contributed by atoms with van der Waals surface area (Å²) in [4.78, 5) is 0. The van der Waals surface area contributed by atoms with Crippen molar-refractivity contribution >= 4 is 5.69 Å². The molecule has 0 amide bonds. The first-order chi connectivity index (χ1) is 6.25. The Kier molecular flexibility index (Phi) is 2.22. The molecule has 0 aliphatic heterocycles. The van der Waals surface area contributed by atoms with Gasteiger partial charge in [0.2, 0.25) is 0 Å². The smallest absolute Gasteiger partial charge is 0.0822 e. The van der Waals surface area contributed by atoms with Gasteiger partial charge >= 0.3 is 0 Å². The van der Waals surface area contributed by atoms with Crippen LogP contribution in [0.2, 0.25) is 0 Å². The molecule has 1 heterocycles. The Balaban J connectivity index is 1.79. The minimum Gasteiger partial charge on any atom is -0.396 e. The van der Waals surface area contributed by atoms with Crippen molar-refractivity contribution in [1.82, 2.24) is 9.78 Å². The van der Waals surface area contributed by atoms with Crippen LogP contribution in [0.3, 0.4) is 0 Å². The van der Waals surface area contributed by atoms with Gasteiger partial charge in [0.1, 0.15) is 0 Å². The zero-order chi connectivity index (χ0) is 9.26. The summed E-state index contributed by atoms with van der Waals surface area (Å²) in [6, 6.07) is 0. The molecule has 1 saturated carbocycles. The summed E-state index contributed by atoms with van der Waals surface area (Å²) in [6.07, 6.45) is 4.82. The molecule has 0 bridgehead atoms. The second kappa shape index (κ2) is 3.38. The highest BCUT2D eigenvalue weighted by Crippen LogP contribution is 2.23. The predicted molar refractivity (Wildman–Crippen MR) is 50.4 cm³/mol. The zero-order valence-corrected chi connectivity index (χ0v) is 7.86. The summed E-state index contributed by atoms with van der Waals surface area (Å²) in [5.74, 6) is 0. The normalized spacial score (nSPS) is 16.4. The number of ether oxygens (including phenoxy) is 1. The van der Waals surface area contributed by atoms with Gasteiger partial charge in [-0.2, -0.15) is 5.10 Å². The summed E-state index contributed by atoms with van der Waals surface area (Å²) < 4.78 is 7.34. The standard InChI is InChI=1S/C9H15N3O/c1-7-9(10)6-12(11-7)4-5-13-8-2-3-8/h6,8H,2-5,10H2,1H3. The van der Waals surface area contributed by atoms with Crippen molar-refractivity contribution in [2.75, 3.05) is 12.3 Å². The summed E-state index contributed by atoms with van der Waals surface area (Å²) in [6.45, 7) is 3.45. The SMILES string of the molecule is Cc1nn(CCOC2CC2)cc1N. The van der Waals surface area contributed by atoms with E-state index in [1.165, 1.54) is 12.8 Å². The van der Waals surface area contributed by atoms with Gasteiger partial charge in [0.05, 0.1) is 30.6 Å². The molecular weight excluding hydrogens is 166 g/mol. The van der Waals surface area contributed by atoms with Gasteiger partial charge in [-0.25, -0.2) is 0 Å². The fourth-order valence-electron chi connectivity index (χ4n) is 1.20. The van der Waals surface area contributed by atoms with Crippen LogP contribution in [0.5, 0.6) is 0 Å². The maximum Gasteiger partial charge on any atom is 0.0822 e. The molecule has 4 heteroatoms. The van der Waals surface area contributed by atoms with E-state index in [2.05, 4.69) is 5.10 Å². The van der Waals surface area contributed by atoms with E-state index in [0.717, 1.165) is 24.5 Å². The number of anilines is 1. The molecule has 2 rings (SSSR count). The number of nitrogens with zero attached hydrogens (tertiary/aromatic N) is 2. The molecule has 0 saturated heterocycles. The van der Waals surface area contributed by atoms with E-state index >= 15 is 0 Å². The van der Waals surface area contributed by atoms with Gasteiger partial charge in [0.25, 0.3) is 0 Å². The highest BCUT2D eigenvalue weighted by atomic mass is 16.5. The molecule has 0 unspecified atom stereocenters. The molecular formula is C9H15N3O. The second-order valence-electron chi connectivity index (χ2n) is 3.50. The molecule has 1 aromatic heterocycles. The Morgan fingerprint density at radius 3 is 3.00 bits per heavy atom. The highest BCUT2D eigenvalue weighted by Gasteiger charge is 2.21. The lowest BCUT2D eigenvalue weighted by atomic mass is 10.4. The Labute approximate surface area is 77.7 Å². The molecule has 72 valence electrons. The Bertz CT molecular complexity index is 272. The maximum absolute atomic E-state index is 5.66. The van der Waals surface area contributed by atoms with Crippen LogP contribution in [0.4, 0.5) is 5.69 Å². The van der Waals surface area contributed by atoms with Crippen LogP contribution in [-0.4, -0.2) is 22.5 Å². The molecule has 0 aromatic carbocycles. The van der Waals surface area contributed by atoms with E-state index < -0.39 is 0 Å². The number of rotatable bonds is 4. The third kappa shape index (κ3) is 2.21. The molecule has 1 aliphatic carbocycles. The minimum absolute atomic E-state index is 0.522. The van der Waals surface area contributed by atoms with E-state index in [-0.39, 0.29) is 0 Å². The first-order valence-electron chi connectivity index (χ1n) is 4.67. The van der Waals surface area contributed by atoms with Gasteiger partial charge in [-0.1, -0.05) is 0 Å². The lowest BCUT2D eigenvalue weighted by Gasteiger charge is -2.01. The molecule has 0 atom stereocenters. The van der Waals surface area contributed by atoms with Crippen molar-refractivity contribution in [1.29, 1.82) is 0 Å². The van der Waals surface area contributed by atoms with E-state index in [1.807, 2.05) is 17.8 Å². The van der Waals surface area contributed by atoms with Gasteiger partial charge in [-0.3, -0.25) is 4.68 Å². The van der Waals surface area contributed by atoms with Gasteiger partial charge in [-0.15, -0.1) is 0 Å². The lowest BCUT2D eigenvalue weighted by molar-refractivity contribution is 0.109. The number of hydrogen-bond donors (Lipinski definition) is 1. The molecule has 2 N–H and O–H groups in total. The van der Waals surface area contributed by atoms with Gasteiger partial charge in [0, 0.05) is 6.20 Å². The third-order valence-electron chi connectivity index (χ3n) is 2.18. The van der Waals surface area contributed by atoms with Crippen LogP contribution in [0, 0.1) is 6.92 Å². The predicted octanol–water partition coefficient (Wildman–Crippen LogP) is 0.953. The quantitative estimate of drug-likeness (QED) is 0.752. The number of aryl methyl sites for hydroxylation is 1. The molecule has 0 spiro atoms. The Hall–Kier alpha value is -1.03. The Morgan fingerprint density at radius 2 is 2.46 bits per heavy atom. The van der Waals surface area contributed by atoms with Crippen LogP contribution in [-0.2, 0) is 11.3 Å². The van der Waals surface area contributed by atoms with Crippen LogP contribution < -0.4 is 5.73 Å². The fraction of sp³-hybridized carbons (Fsp3) is 0.667. The largest absolute Gasteiger partial charge is 0.396 e. The number of nitrogens with two attached hydrogens (primary N) is 1. The van der Waals surface area contributed by atoms with Crippen LogP contribution >= 0.6 is 0 Å². The zero-order valence-electron chi connectivity index (χ0n) is 7.86. The minimum atomic E-state index is 0.522. The third-order valence-corrected chi connectivity index (χ3v) is 2.18.